The highest BCUT2D eigenvalue weighted by Gasteiger charge is 2.30. The maximum atomic E-state index is 10.5. The van der Waals surface area contributed by atoms with E-state index < -0.39 is 5.97 Å². The number of carboxylic acid groups (broad SMARTS) is 1. The predicted octanol–water partition coefficient (Wildman–Crippen LogP) is 0.419. The average molecular weight is 152 g/mol. The first-order chi connectivity index (χ1) is 5.27. The van der Waals surface area contributed by atoms with Crippen molar-refractivity contribution in [3.05, 3.63) is 12.3 Å². The van der Waals surface area contributed by atoms with Crippen LogP contribution in [0.5, 0.6) is 0 Å². The fourth-order valence-electron chi connectivity index (χ4n) is 1.38. The van der Waals surface area contributed by atoms with Crippen LogP contribution in [0.15, 0.2) is 17.4 Å². The van der Waals surface area contributed by atoms with E-state index in [-0.39, 0.29) is 11.8 Å². The Morgan fingerprint density at radius 1 is 1.82 bits per heavy atom. The molecule has 0 spiro atoms. The van der Waals surface area contributed by atoms with Crippen molar-refractivity contribution in [2.24, 2.45) is 5.10 Å². The van der Waals surface area contributed by atoms with E-state index in [2.05, 4.69) is 5.10 Å². The molecule has 1 N–H and O–H groups in total. The number of carboxylic acids is 1. The van der Waals surface area contributed by atoms with Gasteiger partial charge < -0.3 is 5.11 Å². The first kappa shape index (κ1) is 6.39. The van der Waals surface area contributed by atoms with Crippen LogP contribution >= 0.6 is 0 Å². The van der Waals surface area contributed by atoms with Gasteiger partial charge in [-0.1, -0.05) is 6.08 Å². The van der Waals surface area contributed by atoms with E-state index in [0.29, 0.717) is 6.42 Å². The number of hydrazone groups is 1. The summed E-state index contributed by atoms with van der Waals surface area (Å²) in [6.07, 6.45) is 5.33. The quantitative estimate of drug-likeness (QED) is 0.592. The third kappa shape index (κ3) is 0.906. The van der Waals surface area contributed by atoms with Crippen LogP contribution in [0, 0.1) is 0 Å². The van der Waals surface area contributed by atoms with Crippen molar-refractivity contribution in [3.63, 3.8) is 0 Å². The molecule has 0 saturated carbocycles. The highest BCUT2D eigenvalue weighted by atomic mass is 16.4. The molecule has 1 unspecified atom stereocenters. The van der Waals surface area contributed by atoms with Gasteiger partial charge in [0.2, 0.25) is 0 Å². The smallest absolute Gasteiger partial charge is 0.352 e. The summed E-state index contributed by atoms with van der Waals surface area (Å²) >= 11 is 0. The van der Waals surface area contributed by atoms with Crippen LogP contribution in [0.3, 0.4) is 0 Å². The van der Waals surface area contributed by atoms with Crippen LogP contribution in [0.4, 0.5) is 0 Å². The molecule has 0 radical (unpaired) electrons. The van der Waals surface area contributed by atoms with E-state index in [1.165, 1.54) is 0 Å². The second-order valence-electron chi connectivity index (χ2n) is 2.71. The normalized spacial score (nSPS) is 27.1. The van der Waals surface area contributed by atoms with Crippen LogP contribution in [0.2, 0.25) is 0 Å². The van der Waals surface area contributed by atoms with E-state index in [9.17, 15) is 4.79 Å². The lowest BCUT2D eigenvalue weighted by Gasteiger charge is -2.09. The number of rotatable bonds is 1. The highest BCUT2D eigenvalue weighted by molar-refractivity contribution is 6.36. The Balaban J connectivity index is 2.18. The topological polar surface area (TPSA) is 52.9 Å². The lowest BCUT2D eigenvalue weighted by Crippen LogP contribution is -2.17. The number of hydrogen-bond donors (Lipinski definition) is 1. The Kier molecular flexibility index (Phi) is 1.21. The van der Waals surface area contributed by atoms with Gasteiger partial charge in [0, 0.05) is 12.6 Å². The van der Waals surface area contributed by atoms with E-state index in [0.717, 1.165) is 6.42 Å². The number of nitrogens with zero attached hydrogens (tertiary/aromatic N) is 2. The standard InChI is InChI=1S/C7H8N2O2/c10-7(11)6-4-5-2-1-3-9(5)8-6/h1,3,5H,2,4H2,(H,10,11). The zero-order chi connectivity index (χ0) is 7.84. The maximum Gasteiger partial charge on any atom is 0.352 e. The van der Waals surface area contributed by atoms with Crippen molar-refractivity contribution < 1.29 is 9.90 Å². The molecule has 0 bridgehead atoms. The molecule has 11 heavy (non-hydrogen) atoms. The van der Waals surface area contributed by atoms with Gasteiger partial charge in [0.05, 0.1) is 6.04 Å². The van der Waals surface area contributed by atoms with Gasteiger partial charge in [-0.3, -0.25) is 5.01 Å². The van der Waals surface area contributed by atoms with Crippen LogP contribution in [-0.4, -0.2) is 27.8 Å². The van der Waals surface area contributed by atoms with Crippen molar-refractivity contribution in [2.75, 3.05) is 0 Å². The fourth-order valence-corrected chi connectivity index (χ4v) is 1.38. The van der Waals surface area contributed by atoms with Gasteiger partial charge in [-0.25, -0.2) is 4.79 Å². The average Bonchev–Trinajstić information content (AvgIpc) is 2.40. The Morgan fingerprint density at radius 3 is 3.27 bits per heavy atom. The zero-order valence-corrected chi connectivity index (χ0v) is 5.90. The molecule has 2 aliphatic rings. The van der Waals surface area contributed by atoms with Crippen LogP contribution < -0.4 is 0 Å². The molecule has 58 valence electrons. The van der Waals surface area contributed by atoms with Crippen molar-refractivity contribution in [3.8, 4) is 0 Å². The summed E-state index contributed by atoms with van der Waals surface area (Å²) in [4.78, 5) is 10.5. The van der Waals surface area contributed by atoms with Crippen LogP contribution in [0.25, 0.3) is 0 Å². The lowest BCUT2D eigenvalue weighted by molar-refractivity contribution is -0.129. The molecule has 0 aromatic heterocycles. The van der Waals surface area contributed by atoms with Crippen molar-refractivity contribution in [1.82, 2.24) is 5.01 Å². The molecule has 2 rings (SSSR count). The van der Waals surface area contributed by atoms with Gasteiger partial charge in [-0.2, -0.15) is 5.10 Å². The molecule has 4 nitrogen and oxygen atoms in total. The second kappa shape index (κ2) is 2.08. The van der Waals surface area contributed by atoms with Gasteiger partial charge in [0.25, 0.3) is 0 Å². The Labute approximate surface area is 63.8 Å². The molecular weight excluding hydrogens is 144 g/mol. The van der Waals surface area contributed by atoms with Gasteiger partial charge >= 0.3 is 5.97 Å². The summed E-state index contributed by atoms with van der Waals surface area (Å²) in [5.41, 5.74) is 0.277. The minimum absolute atomic E-state index is 0.277. The van der Waals surface area contributed by atoms with E-state index in [1.54, 1.807) is 5.01 Å². The number of hydrogen-bond acceptors (Lipinski definition) is 3. The summed E-state index contributed by atoms with van der Waals surface area (Å²) in [5.74, 6) is -0.896. The van der Waals surface area contributed by atoms with Crippen molar-refractivity contribution in [1.29, 1.82) is 0 Å². The van der Waals surface area contributed by atoms with Crippen molar-refractivity contribution >= 4 is 11.7 Å². The monoisotopic (exact) mass is 152 g/mol. The minimum atomic E-state index is -0.896. The van der Waals surface area contributed by atoms with Crippen LogP contribution in [-0.2, 0) is 4.79 Å². The van der Waals surface area contributed by atoms with Gasteiger partial charge in [-0.15, -0.1) is 0 Å². The van der Waals surface area contributed by atoms with Gasteiger partial charge in [0.15, 0.2) is 0 Å². The third-order valence-corrected chi connectivity index (χ3v) is 1.95. The molecule has 0 aliphatic carbocycles. The van der Waals surface area contributed by atoms with E-state index >= 15 is 0 Å². The Hall–Kier alpha value is -1.32. The molecule has 0 amide bonds. The lowest BCUT2D eigenvalue weighted by atomic mass is 10.1. The summed E-state index contributed by atoms with van der Waals surface area (Å²) in [7, 11) is 0. The molecule has 4 heteroatoms. The minimum Gasteiger partial charge on any atom is -0.477 e. The zero-order valence-electron chi connectivity index (χ0n) is 5.90. The predicted molar refractivity (Wildman–Crippen MR) is 39.1 cm³/mol. The van der Waals surface area contributed by atoms with Crippen LogP contribution in [0.1, 0.15) is 12.8 Å². The third-order valence-electron chi connectivity index (χ3n) is 1.95. The van der Waals surface area contributed by atoms with Gasteiger partial charge in [0.1, 0.15) is 5.71 Å². The molecule has 0 aromatic carbocycles. The number of fused-ring (bicyclic) bond motifs is 1. The summed E-state index contributed by atoms with van der Waals surface area (Å²) in [6.45, 7) is 0. The first-order valence-corrected chi connectivity index (χ1v) is 3.53. The molecular formula is C7H8N2O2. The second-order valence-corrected chi connectivity index (χ2v) is 2.71. The molecule has 2 aliphatic heterocycles. The largest absolute Gasteiger partial charge is 0.477 e. The molecule has 1 atom stereocenters. The van der Waals surface area contributed by atoms with E-state index in [1.807, 2.05) is 12.3 Å². The van der Waals surface area contributed by atoms with E-state index in [4.69, 9.17) is 5.11 Å². The fraction of sp³-hybridized carbons (Fsp3) is 0.429. The maximum absolute atomic E-state index is 10.5. The summed E-state index contributed by atoms with van der Waals surface area (Å²) < 4.78 is 0. The summed E-state index contributed by atoms with van der Waals surface area (Å²) in [6, 6.07) is 0.279. The van der Waals surface area contributed by atoms with Crippen molar-refractivity contribution in [2.45, 2.75) is 18.9 Å². The molecule has 0 fully saturated rings. The number of carbonyl (C=O) groups is 1. The SMILES string of the molecule is O=C(O)C1=NN2C=CCC2C1. The highest BCUT2D eigenvalue weighted by Crippen LogP contribution is 2.24. The van der Waals surface area contributed by atoms with Gasteiger partial charge in [-0.05, 0) is 6.42 Å². The number of aliphatic carboxylic acids is 1. The molecule has 0 aromatic rings. The Morgan fingerprint density at radius 2 is 2.64 bits per heavy atom. The first-order valence-electron chi connectivity index (χ1n) is 3.53. The summed E-state index contributed by atoms with van der Waals surface area (Å²) in [5, 5.41) is 14.2. The molecule has 0 saturated heterocycles. The Bertz CT molecular complexity index is 257. The molecule has 2 heterocycles.